The molecule has 0 aromatic carbocycles. The van der Waals surface area contributed by atoms with Gasteiger partial charge in [0.15, 0.2) is 0 Å². The molecule has 1 saturated carbocycles. The summed E-state index contributed by atoms with van der Waals surface area (Å²) in [6.07, 6.45) is 4.42. The predicted molar refractivity (Wildman–Crippen MR) is 46.5 cm³/mol. The van der Waals surface area contributed by atoms with Crippen LogP contribution in [-0.4, -0.2) is 24.3 Å². The molecule has 1 aliphatic rings. The van der Waals surface area contributed by atoms with E-state index in [1.807, 2.05) is 0 Å². The molecular weight excluding hydrogens is 138 g/mol. The molecule has 0 bridgehead atoms. The Balaban J connectivity index is 1.99. The molecule has 2 N–H and O–H groups in total. The smallest absolute Gasteiger partial charge is 0.0543 e. The fraction of sp³-hybridized carbons (Fsp3) is 1.00. The van der Waals surface area contributed by atoms with Crippen molar-refractivity contribution in [1.29, 1.82) is 0 Å². The van der Waals surface area contributed by atoms with E-state index in [4.69, 9.17) is 0 Å². The lowest BCUT2D eigenvalue weighted by atomic mass is 10.1. The van der Waals surface area contributed by atoms with Crippen molar-refractivity contribution in [3.63, 3.8) is 0 Å². The Kier molecular flexibility index (Phi) is 3.87. The number of hydrogen-bond acceptors (Lipinski definition) is 2. The molecule has 0 heterocycles. The quantitative estimate of drug-likeness (QED) is 0.600. The largest absolute Gasteiger partial charge is 0.393 e. The van der Waals surface area contributed by atoms with Crippen molar-refractivity contribution in [3.8, 4) is 0 Å². The van der Waals surface area contributed by atoms with Crippen molar-refractivity contribution in [2.75, 3.05) is 13.1 Å². The average Bonchev–Trinajstić information content (AvgIpc) is 2.37. The van der Waals surface area contributed by atoms with Crippen LogP contribution in [0, 0.1) is 5.92 Å². The minimum Gasteiger partial charge on any atom is -0.393 e. The highest BCUT2D eigenvalue weighted by molar-refractivity contribution is 4.75. The van der Waals surface area contributed by atoms with Gasteiger partial charge >= 0.3 is 0 Å². The first kappa shape index (κ1) is 9.01. The standard InChI is InChI=1S/C9H19NO/c1-2-5-10-7-8-3-4-9(11)6-8/h8-11H,2-7H2,1H3. The molecule has 1 fully saturated rings. The van der Waals surface area contributed by atoms with Crippen LogP contribution in [0.3, 0.4) is 0 Å². The Labute approximate surface area is 69.0 Å². The zero-order valence-electron chi connectivity index (χ0n) is 7.34. The van der Waals surface area contributed by atoms with Crippen molar-refractivity contribution in [2.45, 2.75) is 38.7 Å². The van der Waals surface area contributed by atoms with E-state index < -0.39 is 0 Å². The topological polar surface area (TPSA) is 32.3 Å². The van der Waals surface area contributed by atoms with E-state index in [1.54, 1.807) is 0 Å². The molecule has 2 heteroatoms. The summed E-state index contributed by atoms with van der Waals surface area (Å²) < 4.78 is 0. The molecule has 0 amide bonds. The maximum Gasteiger partial charge on any atom is 0.0543 e. The SMILES string of the molecule is CCCNCC1CCC(O)C1. The highest BCUT2D eigenvalue weighted by Crippen LogP contribution is 2.24. The summed E-state index contributed by atoms with van der Waals surface area (Å²) in [5, 5.41) is 12.6. The minimum atomic E-state index is -0.0107. The molecule has 0 radical (unpaired) electrons. The van der Waals surface area contributed by atoms with Crippen molar-refractivity contribution in [2.24, 2.45) is 5.92 Å². The van der Waals surface area contributed by atoms with Crippen LogP contribution >= 0.6 is 0 Å². The van der Waals surface area contributed by atoms with Gasteiger partial charge in [0.1, 0.15) is 0 Å². The summed E-state index contributed by atoms with van der Waals surface area (Å²) in [6.45, 7) is 4.40. The third kappa shape index (κ3) is 3.21. The highest BCUT2D eigenvalue weighted by Gasteiger charge is 2.21. The Morgan fingerprint density at radius 1 is 1.45 bits per heavy atom. The minimum absolute atomic E-state index is 0.0107. The molecule has 1 rings (SSSR count). The van der Waals surface area contributed by atoms with Crippen LogP contribution in [0.5, 0.6) is 0 Å². The second-order valence-corrected chi connectivity index (χ2v) is 3.54. The first-order chi connectivity index (χ1) is 5.33. The molecule has 0 saturated heterocycles. The van der Waals surface area contributed by atoms with Gasteiger partial charge in [-0.2, -0.15) is 0 Å². The number of aliphatic hydroxyl groups excluding tert-OH is 1. The molecular formula is C9H19NO. The van der Waals surface area contributed by atoms with Gasteiger partial charge in [0.2, 0.25) is 0 Å². The van der Waals surface area contributed by atoms with Crippen LogP contribution in [0.2, 0.25) is 0 Å². The summed E-state index contributed by atoms with van der Waals surface area (Å²) in [7, 11) is 0. The van der Waals surface area contributed by atoms with Crippen molar-refractivity contribution < 1.29 is 5.11 Å². The van der Waals surface area contributed by atoms with Gasteiger partial charge in [-0.25, -0.2) is 0 Å². The Hall–Kier alpha value is -0.0800. The molecule has 0 aliphatic heterocycles. The van der Waals surface area contributed by atoms with Crippen LogP contribution < -0.4 is 5.32 Å². The number of aliphatic hydroxyl groups is 1. The van der Waals surface area contributed by atoms with Gasteiger partial charge in [-0.05, 0) is 44.7 Å². The third-order valence-electron chi connectivity index (χ3n) is 2.37. The monoisotopic (exact) mass is 157 g/mol. The van der Waals surface area contributed by atoms with E-state index in [-0.39, 0.29) is 6.10 Å². The predicted octanol–water partition coefficient (Wildman–Crippen LogP) is 1.15. The van der Waals surface area contributed by atoms with Crippen LogP contribution in [0.1, 0.15) is 32.6 Å². The first-order valence-corrected chi connectivity index (χ1v) is 4.71. The summed E-state index contributed by atoms with van der Waals surface area (Å²) >= 11 is 0. The molecule has 11 heavy (non-hydrogen) atoms. The molecule has 2 unspecified atom stereocenters. The Bertz CT molecular complexity index is 106. The fourth-order valence-corrected chi connectivity index (χ4v) is 1.72. The Morgan fingerprint density at radius 2 is 2.27 bits per heavy atom. The van der Waals surface area contributed by atoms with Gasteiger partial charge in [0, 0.05) is 0 Å². The Morgan fingerprint density at radius 3 is 2.82 bits per heavy atom. The van der Waals surface area contributed by atoms with Crippen molar-refractivity contribution >= 4 is 0 Å². The summed E-state index contributed by atoms with van der Waals surface area (Å²) in [5.74, 6) is 0.733. The average molecular weight is 157 g/mol. The lowest BCUT2D eigenvalue weighted by Crippen LogP contribution is -2.22. The van der Waals surface area contributed by atoms with Crippen molar-refractivity contribution in [3.05, 3.63) is 0 Å². The van der Waals surface area contributed by atoms with Crippen LogP contribution in [0.15, 0.2) is 0 Å². The molecule has 0 aromatic heterocycles. The molecule has 2 atom stereocenters. The molecule has 0 spiro atoms. The van der Waals surface area contributed by atoms with E-state index in [0.29, 0.717) is 0 Å². The van der Waals surface area contributed by atoms with E-state index in [9.17, 15) is 5.11 Å². The second-order valence-electron chi connectivity index (χ2n) is 3.54. The van der Waals surface area contributed by atoms with E-state index >= 15 is 0 Å². The van der Waals surface area contributed by atoms with Crippen LogP contribution in [-0.2, 0) is 0 Å². The normalized spacial score (nSPS) is 31.1. The summed E-state index contributed by atoms with van der Waals surface area (Å²) in [6, 6.07) is 0. The highest BCUT2D eigenvalue weighted by atomic mass is 16.3. The maximum atomic E-state index is 9.23. The molecule has 1 aliphatic carbocycles. The van der Waals surface area contributed by atoms with Crippen LogP contribution in [0.25, 0.3) is 0 Å². The first-order valence-electron chi connectivity index (χ1n) is 4.71. The number of rotatable bonds is 4. The maximum absolute atomic E-state index is 9.23. The van der Waals surface area contributed by atoms with Gasteiger partial charge in [-0.1, -0.05) is 6.92 Å². The fourth-order valence-electron chi connectivity index (χ4n) is 1.72. The van der Waals surface area contributed by atoms with E-state index in [1.165, 1.54) is 12.8 Å². The second kappa shape index (κ2) is 4.73. The van der Waals surface area contributed by atoms with Gasteiger partial charge < -0.3 is 10.4 Å². The van der Waals surface area contributed by atoms with Gasteiger partial charge in [-0.15, -0.1) is 0 Å². The molecule has 2 nitrogen and oxygen atoms in total. The zero-order chi connectivity index (χ0) is 8.10. The number of nitrogens with one attached hydrogen (secondary N) is 1. The summed E-state index contributed by atoms with van der Waals surface area (Å²) in [4.78, 5) is 0. The van der Waals surface area contributed by atoms with Crippen molar-refractivity contribution in [1.82, 2.24) is 5.32 Å². The molecule has 0 aromatic rings. The van der Waals surface area contributed by atoms with Gasteiger partial charge in [0.25, 0.3) is 0 Å². The van der Waals surface area contributed by atoms with Crippen LogP contribution in [0.4, 0.5) is 0 Å². The lowest BCUT2D eigenvalue weighted by Gasteiger charge is -2.09. The van der Waals surface area contributed by atoms with Gasteiger partial charge in [0.05, 0.1) is 6.10 Å². The molecule has 66 valence electrons. The lowest BCUT2D eigenvalue weighted by molar-refractivity contribution is 0.177. The van der Waals surface area contributed by atoms with E-state index in [0.717, 1.165) is 31.8 Å². The third-order valence-corrected chi connectivity index (χ3v) is 2.37. The number of hydrogen-bond donors (Lipinski definition) is 2. The van der Waals surface area contributed by atoms with E-state index in [2.05, 4.69) is 12.2 Å². The summed E-state index contributed by atoms with van der Waals surface area (Å²) in [5.41, 5.74) is 0. The zero-order valence-corrected chi connectivity index (χ0v) is 7.34. The van der Waals surface area contributed by atoms with Gasteiger partial charge in [-0.3, -0.25) is 0 Å².